The molecule has 2 atom stereocenters. The summed E-state index contributed by atoms with van der Waals surface area (Å²) in [7, 11) is 1.57. The molecule has 0 radical (unpaired) electrons. The molecule has 0 spiro atoms. The van der Waals surface area contributed by atoms with Crippen molar-refractivity contribution in [1.82, 2.24) is 14.9 Å². The molecule has 2 heterocycles. The largest absolute Gasteiger partial charge is 0.494 e. The Morgan fingerprint density at radius 1 is 1.29 bits per heavy atom. The molecule has 2 aliphatic rings. The van der Waals surface area contributed by atoms with E-state index in [0.29, 0.717) is 24.4 Å². The average molecular weight is 383 g/mol. The van der Waals surface area contributed by atoms with Gasteiger partial charge in [0.05, 0.1) is 31.2 Å². The molecule has 8 nitrogen and oxygen atoms in total. The minimum Gasteiger partial charge on any atom is -0.494 e. The van der Waals surface area contributed by atoms with E-state index in [-0.39, 0.29) is 24.0 Å². The van der Waals surface area contributed by atoms with Crippen molar-refractivity contribution in [3.63, 3.8) is 0 Å². The highest BCUT2D eigenvalue weighted by Gasteiger charge is 2.30. The molecule has 1 aliphatic heterocycles. The zero-order valence-corrected chi connectivity index (χ0v) is 15.9. The molecule has 28 heavy (non-hydrogen) atoms. The molecule has 2 fully saturated rings. The number of benzene rings is 1. The minimum absolute atomic E-state index is 0.0672. The van der Waals surface area contributed by atoms with Crippen molar-refractivity contribution in [2.45, 2.75) is 44.2 Å². The van der Waals surface area contributed by atoms with Crippen LogP contribution in [0.4, 0.5) is 16.2 Å². The minimum atomic E-state index is -0.246. The number of hydrogen-bond acceptors (Lipinski definition) is 4. The summed E-state index contributed by atoms with van der Waals surface area (Å²) in [6, 6.07) is 5.42. The Kier molecular flexibility index (Phi) is 5.18. The van der Waals surface area contributed by atoms with E-state index < -0.39 is 0 Å². The highest BCUT2D eigenvalue weighted by molar-refractivity contribution is 5.97. The first-order valence-corrected chi connectivity index (χ1v) is 9.69. The van der Waals surface area contributed by atoms with Gasteiger partial charge >= 0.3 is 6.03 Å². The van der Waals surface area contributed by atoms with E-state index in [1.165, 1.54) is 0 Å². The van der Waals surface area contributed by atoms with Crippen molar-refractivity contribution < 1.29 is 14.3 Å². The summed E-state index contributed by atoms with van der Waals surface area (Å²) in [4.78, 5) is 30.4. The predicted molar refractivity (Wildman–Crippen MR) is 106 cm³/mol. The molecule has 1 saturated carbocycles. The number of nitrogens with one attached hydrogen (secondary N) is 2. The summed E-state index contributed by atoms with van der Waals surface area (Å²) in [6.45, 7) is 0.694. The fourth-order valence-corrected chi connectivity index (χ4v) is 4.15. The number of amides is 3. The third-order valence-corrected chi connectivity index (χ3v) is 5.51. The molecule has 1 aliphatic carbocycles. The third kappa shape index (κ3) is 3.67. The molecule has 0 unspecified atom stereocenters. The Labute approximate surface area is 163 Å². The molecule has 2 aromatic rings. The van der Waals surface area contributed by atoms with E-state index in [0.717, 1.165) is 31.4 Å². The molecule has 4 rings (SSSR count). The number of carbonyl (C=O) groups is 2. The maximum absolute atomic E-state index is 12.5. The second-order valence-electron chi connectivity index (χ2n) is 7.25. The number of methoxy groups -OCH3 is 1. The van der Waals surface area contributed by atoms with Gasteiger partial charge in [-0.2, -0.15) is 0 Å². The van der Waals surface area contributed by atoms with Crippen LogP contribution in [0.15, 0.2) is 36.9 Å². The Morgan fingerprint density at radius 2 is 2.18 bits per heavy atom. The van der Waals surface area contributed by atoms with Gasteiger partial charge in [0.2, 0.25) is 5.91 Å². The molecular formula is C20H25N5O3. The first-order valence-electron chi connectivity index (χ1n) is 9.69. The van der Waals surface area contributed by atoms with E-state index in [4.69, 9.17) is 4.74 Å². The number of rotatable bonds is 5. The Hall–Kier alpha value is -3.03. The fourth-order valence-electron chi connectivity index (χ4n) is 4.15. The normalized spacial score (nSPS) is 21.8. The van der Waals surface area contributed by atoms with E-state index in [9.17, 15) is 9.59 Å². The van der Waals surface area contributed by atoms with Gasteiger partial charge < -0.3 is 24.8 Å². The molecule has 0 bridgehead atoms. The number of anilines is 2. The summed E-state index contributed by atoms with van der Waals surface area (Å²) >= 11 is 0. The predicted octanol–water partition coefficient (Wildman–Crippen LogP) is 2.93. The zero-order chi connectivity index (χ0) is 19.5. The fraction of sp³-hybridized carbons (Fsp3) is 0.450. The van der Waals surface area contributed by atoms with Gasteiger partial charge in [-0.15, -0.1) is 0 Å². The van der Waals surface area contributed by atoms with Crippen molar-refractivity contribution >= 4 is 23.3 Å². The highest BCUT2D eigenvalue weighted by Crippen LogP contribution is 2.34. The van der Waals surface area contributed by atoms with E-state index >= 15 is 0 Å². The van der Waals surface area contributed by atoms with Crippen LogP contribution >= 0.6 is 0 Å². The van der Waals surface area contributed by atoms with Crippen LogP contribution in [0.1, 0.15) is 38.1 Å². The molecule has 2 N–H and O–H groups in total. The summed E-state index contributed by atoms with van der Waals surface area (Å²) in [5.74, 6) is 0.675. The Morgan fingerprint density at radius 3 is 2.89 bits per heavy atom. The molecule has 3 amide bonds. The molecule has 8 heteroatoms. The first-order chi connectivity index (χ1) is 13.7. The number of carbonyl (C=O) groups excluding carboxylic acids is 2. The van der Waals surface area contributed by atoms with Crippen molar-refractivity contribution in [1.29, 1.82) is 0 Å². The maximum atomic E-state index is 12.5. The number of aromatic nitrogens is 2. The standard InChI is InChI=1S/C20H25N5O3/c1-28-18-12-14(7-8-17(18)25-10-3-6-19(25)26)22-20(27)23-15-4-2-5-16(15)24-11-9-21-13-24/h7-9,11-13,15-16H,2-6,10H2,1H3,(H2,22,23,27)/t15-,16-/m0/s1. The van der Waals surface area contributed by atoms with Gasteiger partial charge in [-0.25, -0.2) is 9.78 Å². The van der Waals surface area contributed by atoms with Gasteiger partial charge in [-0.3, -0.25) is 4.79 Å². The van der Waals surface area contributed by atoms with Crippen LogP contribution in [0.2, 0.25) is 0 Å². The van der Waals surface area contributed by atoms with Crippen LogP contribution in [0.3, 0.4) is 0 Å². The second-order valence-corrected chi connectivity index (χ2v) is 7.25. The van der Waals surface area contributed by atoms with Crippen molar-refractivity contribution in [2.24, 2.45) is 0 Å². The lowest BCUT2D eigenvalue weighted by Crippen LogP contribution is -2.40. The van der Waals surface area contributed by atoms with Crippen LogP contribution in [0.25, 0.3) is 0 Å². The van der Waals surface area contributed by atoms with Crippen molar-refractivity contribution in [2.75, 3.05) is 23.9 Å². The molecule has 148 valence electrons. The first kappa shape index (κ1) is 18.3. The Bertz CT molecular complexity index is 852. The number of hydrogen-bond donors (Lipinski definition) is 2. The maximum Gasteiger partial charge on any atom is 0.319 e. The Balaban J connectivity index is 1.42. The second kappa shape index (κ2) is 7.92. The van der Waals surface area contributed by atoms with Gasteiger partial charge in [0.25, 0.3) is 0 Å². The lowest BCUT2D eigenvalue weighted by atomic mass is 10.2. The van der Waals surface area contributed by atoms with E-state index in [2.05, 4.69) is 20.2 Å². The average Bonchev–Trinajstić information content (AvgIpc) is 3.43. The van der Waals surface area contributed by atoms with Gasteiger partial charge in [0.1, 0.15) is 5.75 Å². The van der Waals surface area contributed by atoms with Crippen molar-refractivity contribution in [3.8, 4) is 5.75 Å². The molecule has 1 aromatic heterocycles. The number of urea groups is 1. The van der Waals surface area contributed by atoms with Crippen LogP contribution in [-0.2, 0) is 4.79 Å². The van der Waals surface area contributed by atoms with Crippen LogP contribution in [-0.4, -0.2) is 41.2 Å². The zero-order valence-electron chi connectivity index (χ0n) is 15.9. The SMILES string of the molecule is COc1cc(NC(=O)N[C@H]2CCC[C@@H]2n2ccnc2)ccc1N1CCCC1=O. The third-order valence-electron chi connectivity index (χ3n) is 5.51. The van der Waals surface area contributed by atoms with Gasteiger partial charge in [-0.05, 0) is 37.8 Å². The topological polar surface area (TPSA) is 88.5 Å². The molecule has 1 aromatic carbocycles. The smallest absolute Gasteiger partial charge is 0.319 e. The van der Waals surface area contributed by atoms with Crippen LogP contribution < -0.4 is 20.3 Å². The van der Waals surface area contributed by atoms with Crippen LogP contribution in [0, 0.1) is 0 Å². The number of imidazole rings is 1. The highest BCUT2D eigenvalue weighted by atomic mass is 16.5. The van der Waals surface area contributed by atoms with E-state index in [1.54, 1.807) is 36.7 Å². The molecular weight excluding hydrogens is 358 g/mol. The van der Waals surface area contributed by atoms with Gasteiger partial charge in [0.15, 0.2) is 0 Å². The lowest BCUT2D eigenvalue weighted by molar-refractivity contribution is -0.117. The number of nitrogens with zero attached hydrogens (tertiary/aromatic N) is 3. The summed E-state index contributed by atoms with van der Waals surface area (Å²) in [5.41, 5.74) is 1.37. The van der Waals surface area contributed by atoms with Gasteiger partial charge in [-0.1, -0.05) is 0 Å². The summed E-state index contributed by atoms with van der Waals surface area (Å²) in [5, 5.41) is 5.96. The van der Waals surface area contributed by atoms with E-state index in [1.807, 2.05) is 12.3 Å². The van der Waals surface area contributed by atoms with Crippen molar-refractivity contribution in [3.05, 3.63) is 36.9 Å². The number of ether oxygens (including phenoxy) is 1. The summed E-state index contributed by atoms with van der Waals surface area (Å²) in [6.07, 6.45) is 9.93. The lowest BCUT2D eigenvalue weighted by Gasteiger charge is -2.23. The summed E-state index contributed by atoms with van der Waals surface area (Å²) < 4.78 is 7.51. The van der Waals surface area contributed by atoms with Gasteiger partial charge in [0, 0.05) is 37.1 Å². The van der Waals surface area contributed by atoms with Crippen LogP contribution in [0.5, 0.6) is 5.75 Å². The monoisotopic (exact) mass is 383 g/mol. The molecule has 1 saturated heterocycles. The quantitative estimate of drug-likeness (QED) is 0.831.